The van der Waals surface area contributed by atoms with Gasteiger partial charge < -0.3 is 0 Å². The van der Waals surface area contributed by atoms with Crippen LogP contribution in [0.2, 0.25) is 0 Å². The Labute approximate surface area is 313 Å². The van der Waals surface area contributed by atoms with E-state index >= 15 is 0 Å². The highest BCUT2D eigenvalue weighted by Crippen LogP contribution is 2.40. The average Bonchev–Trinajstić information content (AvgIpc) is 3.26. The van der Waals surface area contributed by atoms with Crippen LogP contribution in [0.3, 0.4) is 0 Å². The molecule has 0 unspecified atom stereocenters. The maximum absolute atomic E-state index is 5.22. The van der Waals surface area contributed by atoms with Crippen LogP contribution in [0.25, 0.3) is 99.9 Å². The van der Waals surface area contributed by atoms with Crippen molar-refractivity contribution in [3.8, 4) is 67.4 Å². The molecule has 10 rings (SSSR count). The largest absolute Gasteiger partial charge is 0.255 e. The third kappa shape index (κ3) is 5.67. The van der Waals surface area contributed by atoms with E-state index in [0.29, 0.717) is 0 Å². The summed E-state index contributed by atoms with van der Waals surface area (Å²) in [6, 6.07) is 63.8. The Kier molecular flexibility index (Phi) is 7.77. The van der Waals surface area contributed by atoms with Gasteiger partial charge in [0.2, 0.25) is 0 Å². The van der Waals surface area contributed by atoms with Crippen molar-refractivity contribution in [3.05, 3.63) is 194 Å². The van der Waals surface area contributed by atoms with Crippen molar-refractivity contribution in [2.24, 2.45) is 0 Å². The molecule has 252 valence electrons. The Bertz CT molecular complexity index is 2900. The zero-order valence-corrected chi connectivity index (χ0v) is 29.3. The lowest BCUT2D eigenvalue weighted by Crippen LogP contribution is -1.94. The van der Waals surface area contributed by atoms with Gasteiger partial charge in [0.15, 0.2) is 0 Å². The van der Waals surface area contributed by atoms with E-state index in [0.717, 1.165) is 56.2 Å². The van der Waals surface area contributed by atoms with Crippen LogP contribution in [0.4, 0.5) is 0 Å². The quantitative estimate of drug-likeness (QED) is 0.163. The van der Waals surface area contributed by atoms with Gasteiger partial charge in [-0.15, -0.1) is 0 Å². The van der Waals surface area contributed by atoms with Crippen LogP contribution in [0.15, 0.2) is 194 Å². The summed E-state index contributed by atoms with van der Waals surface area (Å²) in [5, 5.41) is 5.96. The zero-order chi connectivity index (χ0) is 35.8. The zero-order valence-electron chi connectivity index (χ0n) is 29.3. The highest BCUT2D eigenvalue weighted by molar-refractivity contribution is 6.14. The van der Waals surface area contributed by atoms with Crippen LogP contribution in [0, 0.1) is 0 Å². The number of rotatable bonds is 6. The van der Waals surface area contributed by atoms with E-state index in [-0.39, 0.29) is 0 Å². The second-order valence-corrected chi connectivity index (χ2v) is 13.4. The minimum absolute atomic E-state index is 0.809. The standard InChI is InChI=1S/C50H32N4/c1-2-12-33(13-3-1)43-32-47(53-46-27-24-34-14-4-5-15-40(34)50(43)46)36-22-20-35(21-23-36)38-25-26-39(42-17-7-6-16-41(38)42)37-30-48(44-18-8-10-28-51-44)54-49(31-37)45-19-9-11-29-52-45/h1-32H. The maximum Gasteiger partial charge on any atom is 0.0900 e. The molecule has 10 aromatic rings. The van der Waals surface area contributed by atoms with E-state index in [4.69, 9.17) is 9.97 Å². The number of benzene rings is 6. The Balaban J connectivity index is 1.07. The van der Waals surface area contributed by atoms with Gasteiger partial charge in [0.25, 0.3) is 0 Å². The van der Waals surface area contributed by atoms with Crippen molar-refractivity contribution >= 4 is 32.4 Å². The highest BCUT2D eigenvalue weighted by atomic mass is 14.8. The van der Waals surface area contributed by atoms with Gasteiger partial charge in [-0.25, -0.2) is 9.97 Å². The van der Waals surface area contributed by atoms with Crippen LogP contribution >= 0.6 is 0 Å². The molecule has 4 heteroatoms. The first-order valence-electron chi connectivity index (χ1n) is 18.1. The number of hydrogen-bond acceptors (Lipinski definition) is 4. The molecule has 0 saturated carbocycles. The van der Waals surface area contributed by atoms with Crippen LogP contribution in [0.5, 0.6) is 0 Å². The molecule has 0 aliphatic carbocycles. The van der Waals surface area contributed by atoms with Gasteiger partial charge in [-0.05, 0) is 103 Å². The molecule has 4 heterocycles. The molecule has 0 atom stereocenters. The fourth-order valence-corrected chi connectivity index (χ4v) is 7.60. The predicted octanol–water partition coefficient (Wildman–Crippen LogP) is 12.7. The first kappa shape index (κ1) is 31.4. The summed E-state index contributed by atoms with van der Waals surface area (Å²) in [4.78, 5) is 19.5. The molecule has 4 nitrogen and oxygen atoms in total. The first-order valence-corrected chi connectivity index (χ1v) is 18.1. The second kappa shape index (κ2) is 13.4. The molecule has 0 bridgehead atoms. The van der Waals surface area contributed by atoms with Crippen LogP contribution < -0.4 is 0 Å². The third-order valence-corrected chi connectivity index (χ3v) is 10.2. The minimum Gasteiger partial charge on any atom is -0.255 e. The van der Waals surface area contributed by atoms with Crippen LogP contribution in [-0.2, 0) is 0 Å². The van der Waals surface area contributed by atoms with E-state index < -0.39 is 0 Å². The fourth-order valence-electron chi connectivity index (χ4n) is 7.60. The summed E-state index contributed by atoms with van der Waals surface area (Å²) in [5.41, 5.74) is 13.2. The third-order valence-electron chi connectivity index (χ3n) is 10.2. The van der Waals surface area contributed by atoms with E-state index in [9.17, 15) is 0 Å². The monoisotopic (exact) mass is 688 g/mol. The van der Waals surface area contributed by atoms with Crippen molar-refractivity contribution in [2.75, 3.05) is 0 Å². The molecule has 4 aromatic heterocycles. The molecule has 0 radical (unpaired) electrons. The SMILES string of the molecule is c1ccc(-c2cc(-c3ccc(-c4ccc(-c5cc(-c6ccccn6)nc(-c6ccccn6)c5)c5ccccc45)cc3)nc3ccc4ccccc4c23)cc1. The van der Waals surface area contributed by atoms with Crippen molar-refractivity contribution in [1.82, 2.24) is 19.9 Å². The summed E-state index contributed by atoms with van der Waals surface area (Å²) < 4.78 is 0. The van der Waals surface area contributed by atoms with E-state index in [1.54, 1.807) is 12.4 Å². The van der Waals surface area contributed by atoms with E-state index in [1.807, 2.05) is 36.4 Å². The van der Waals surface area contributed by atoms with Crippen molar-refractivity contribution in [2.45, 2.75) is 0 Å². The Morgan fingerprint density at radius 1 is 0.296 bits per heavy atom. The van der Waals surface area contributed by atoms with E-state index in [1.165, 1.54) is 43.6 Å². The molecule has 6 aromatic carbocycles. The summed E-state index contributed by atoms with van der Waals surface area (Å²) >= 11 is 0. The molecule has 0 N–H and O–H groups in total. The molecule has 0 saturated heterocycles. The van der Waals surface area contributed by atoms with Crippen LogP contribution in [0.1, 0.15) is 0 Å². The summed E-state index contributed by atoms with van der Waals surface area (Å²) in [6.07, 6.45) is 3.61. The lowest BCUT2D eigenvalue weighted by molar-refractivity contribution is 1.22. The van der Waals surface area contributed by atoms with Gasteiger partial charge in [0.1, 0.15) is 0 Å². The molecule has 0 fully saturated rings. The molecule has 0 aliphatic rings. The topological polar surface area (TPSA) is 51.6 Å². The number of fused-ring (bicyclic) bond motifs is 4. The second-order valence-electron chi connectivity index (χ2n) is 13.4. The molecule has 0 aliphatic heterocycles. The van der Waals surface area contributed by atoms with Crippen molar-refractivity contribution in [1.29, 1.82) is 0 Å². The average molecular weight is 689 g/mol. The van der Waals surface area contributed by atoms with Gasteiger partial charge >= 0.3 is 0 Å². The summed E-state index contributed by atoms with van der Waals surface area (Å²) in [6.45, 7) is 0. The molecule has 0 amide bonds. The Hall–Kier alpha value is -7.30. The van der Waals surface area contributed by atoms with Crippen molar-refractivity contribution in [3.63, 3.8) is 0 Å². The Morgan fingerprint density at radius 3 is 1.50 bits per heavy atom. The molecule has 54 heavy (non-hydrogen) atoms. The number of nitrogens with zero attached hydrogens (tertiary/aromatic N) is 4. The lowest BCUT2D eigenvalue weighted by Gasteiger charge is -2.15. The fraction of sp³-hybridized carbons (Fsp3) is 0. The highest BCUT2D eigenvalue weighted by Gasteiger charge is 2.16. The maximum atomic E-state index is 5.22. The van der Waals surface area contributed by atoms with Gasteiger partial charge in [-0.3, -0.25) is 9.97 Å². The number of aromatic nitrogens is 4. The van der Waals surface area contributed by atoms with E-state index in [2.05, 4.69) is 156 Å². The van der Waals surface area contributed by atoms with Gasteiger partial charge in [-0.2, -0.15) is 0 Å². The predicted molar refractivity (Wildman–Crippen MR) is 223 cm³/mol. The summed E-state index contributed by atoms with van der Waals surface area (Å²) in [5.74, 6) is 0. The number of pyridine rings is 4. The first-order chi connectivity index (χ1) is 26.8. The minimum atomic E-state index is 0.809. The number of hydrogen-bond donors (Lipinski definition) is 0. The Morgan fingerprint density at radius 2 is 0.852 bits per heavy atom. The van der Waals surface area contributed by atoms with Gasteiger partial charge in [0, 0.05) is 23.3 Å². The van der Waals surface area contributed by atoms with Gasteiger partial charge in [0.05, 0.1) is 34.0 Å². The lowest BCUT2D eigenvalue weighted by atomic mass is 9.91. The van der Waals surface area contributed by atoms with Crippen molar-refractivity contribution < 1.29 is 0 Å². The van der Waals surface area contributed by atoms with Gasteiger partial charge in [-0.1, -0.05) is 133 Å². The molecule has 0 spiro atoms. The molecular formula is C50H32N4. The van der Waals surface area contributed by atoms with Crippen LogP contribution in [-0.4, -0.2) is 19.9 Å². The summed E-state index contributed by atoms with van der Waals surface area (Å²) in [7, 11) is 0. The normalized spacial score (nSPS) is 11.3. The molecular weight excluding hydrogens is 657 g/mol. The smallest absolute Gasteiger partial charge is 0.0900 e.